The summed E-state index contributed by atoms with van der Waals surface area (Å²) in [5.74, 6) is -0.521. The van der Waals surface area contributed by atoms with Crippen molar-refractivity contribution in [3.63, 3.8) is 0 Å². The number of hydrogen-bond donors (Lipinski definition) is 3. The topological polar surface area (TPSA) is 73.8 Å². The van der Waals surface area contributed by atoms with Crippen LogP contribution in [0, 0.1) is 5.41 Å². The Labute approximate surface area is 143 Å². The fourth-order valence-corrected chi connectivity index (χ4v) is 3.71. The Morgan fingerprint density at radius 2 is 2.25 bits per heavy atom. The Hall–Kier alpha value is -1.79. The maximum absolute atomic E-state index is 11.4. The van der Waals surface area contributed by atoms with Crippen LogP contribution in [0.25, 0.3) is 0 Å². The number of carbonyl (C=O) groups is 1. The van der Waals surface area contributed by atoms with E-state index < -0.39 is 5.97 Å². The van der Waals surface area contributed by atoms with Crippen LogP contribution in [0.3, 0.4) is 0 Å². The quantitative estimate of drug-likeness (QED) is 0.707. The number of likely N-dealkylation sites (N-methyl/N-ethyl adjacent to an activating group) is 1. The van der Waals surface area contributed by atoms with Crippen molar-refractivity contribution < 1.29 is 14.6 Å². The molecule has 0 amide bonds. The molecule has 0 bridgehead atoms. The highest BCUT2D eigenvalue weighted by molar-refractivity contribution is 5.91. The molecule has 0 radical (unpaired) electrons. The van der Waals surface area contributed by atoms with Gasteiger partial charge in [-0.25, -0.2) is 4.79 Å². The molecule has 0 aromatic heterocycles. The summed E-state index contributed by atoms with van der Waals surface area (Å²) in [6.45, 7) is 3.47. The third-order valence-electron chi connectivity index (χ3n) is 5.07. The van der Waals surface area contributed by atoms with Crippen molar-refractivity contribution in [2.24, 2.45) is 5.41 Å². The highest BCUT2D eigenvalue weighted by atomic mass is 16.5. The van der Waals surface area contributed by atoms with Crippen LogP contribution < -0.4 is 15.4 Å². The molecule has 1 aliphatic heterocycles. The van der Waals surface area contributed by atoms with Crippen LogP contribution in [0.2, 0.25) is 0 Å². The Kier molecular flexibility index (Phi) is 4.96. The fraction of sp³-hybridized carbons (Fsp3) is 0.611. The van der Waals surface area contributed by atoms with Crippen LogP contribution in [0.5, 0.6) is 5.75 Å². The minimum Gasteiger partial charge on any atom is -0.491 e. The summed E-state index contributed by atoms with van der Waals surface area (Å²) >= 11 is 0. The maximum Gasteiger partial charge on any atom is 0.339 e. The minimum absolute atomic E-state index is 0.212. The van der Waals surface area contributed by atoms with E-state index >= 15 is 0 Å². The molecule has 2 aliphatic rings. The lowest BCUT2D eigenvalue weighted by Gasteiger charge is -2.45. The van der Waals surface area contributed by atoms with E-state index in [-0.39, 0.29) is 5.56 Å². The van der Waals surface area contributed by atoms with E-state index in [4.69, 9.17) is 4.74 Å². The Balaban J connectivity index is 1.62. The van der Waals surface area contributed by atoms with Gasteiger partial charge in [-0.15, -0.1) is 0 Å². The van der Waals surface area contributed by atoms with Gasteiger partial charge in [0.1, 0.15) is 17.9 Å². The molecule has 1 saturated heterocycles. The molecule has 24 heavy (non-hydrogen) atoms. The zero-order chi connectivity index (χ0) is 17.2. The second-order valence-electron chi connectivity index (χ2n) is 7.34. The average molecular weight is 333 g/mol. The van der Waals surface area contributed by atoms with Gasteiger partial charge in [-0.3, -0.25) is 0 Å². The lowest BCUT2D eigenvalue weighted by molar-refractivity contribution is 0.0692. The second-order valence-corrected chi connectivity index (χ2v) is 7.34. The maximum atomic E-state index is 11.4. The Bertz CT molecular complexity index is 589. The fourth-order valence-electron chi connectivity index (χ4n) is 3.71. The number of carboxylic acids is 1. The zero-order valence-corrected chi connectivity index (χ0v) is 14.5. The first-order valence-corrected chi connectivity index (χ1v) is 8.60. The summed E-state index contributed by atoms with van der Waals surface area (Å²) in [7, 11) is 3.92. The smallest absolute Gasteiger partial charge is 0.339 e. The van der Waals surface area contributed by atoms with Crippen molar-refractivity contribution in [1.29, 1.82) is 0 Å². The summed E-state index contributed by atoms with van der Waals surface area (Å²) < 4.78 is 5.70. The van der Waals surface area contributed by atoms with Gasteiger partial charge in [-0.1, -0.05) is 0 Å². The lowest BCUT2D eigenvalue weighted by atomic mass is 9.65. The Morgan fingerprint density at radius 3 is 2.88 bits per heavy atom. The van der Waals surface area contributed by atoms with Crippen molar-refractivity contribution in [3.8, 4) is 5.75 Å². The summed E-state index contributed by atoms with van der Waals surface area (Å²) in [6, 6.07) is 5.74. The molecule has 1 aromatic carbocycles. The standard InChI is InChI=1S/C18H27N3O3/c1-21(2)7-8-24-16-9-13(3-4-15(16)17(22)23)20-14-10-18(11-14)5-6-19-12-18/h3-4,9,14,19-20H,5-8,10-12H2,1-2H3,(H,22,23). The van der Waals surface area contributed by atoms with E-state index in [2.05, 4.69) is 10.6 Å². The summed E-state index contributed by atoms with van der Waals surface area (Å²) in [4.78, 5) is 13.4. The van der Waals surface area contributed by atoms with Crippen LogP contribution in [-0.4, -0.2) is 62.4 Å². The first-order valence-electron chi connectivity index (χ1n) is 8.60. The van der Waals surface area contributed by atoms with Gasteiger partial charge in [0.05, 0.1) is 0 Å². The molecule has 1 aliphatic carbocycles. The third kappa shape index (κ3) is 3.82. The van der Waals surface area contributed by atoms with Crippen LogP contribution in [0.4, 0.5) is 5.69 Å². The minimum atomic E-state index is -0.957. The molecule has 1 spiro atoms. The molecule has 0 atom stereocenters. The summed E-state index contributed by atoms with van der Waals surface area (Å²) in [5.41, 5.74) is 1.64. The molecule has 1 saturated carbocycles. The van der Waals surface area contributed by atoms with E-state index in [0.717, 1.165) is 25.3 Å². The molecule has 6 nitrogen and oxygen atoms in total. The number of ether oxygens (including phenoxy) is 1. The number of aromatic carboxylic acids is 1. The van der Waals surface area contributed by atoms with Gasteiger partial charge < -0.3 is 25.4 Å². The van der Waals surface area contributed by atoms with Crippen LogP contribution in [-0.2, 0) is 0 Å². The molecule has 6 heteroatoms. The van der Waals surface area contributed by atoms with Gasteiger partial charge in [-0.05, 0) is 57.5 Å². The normalized spacial score (nSPS) is 25.7. The molecule has 3 rings (SSSR count). The third-order valence-corrected chi connectivity index (χ3v) is 5.07. The number of carboxylic acid groups (broad SMARTS) is 1. The summed E-state index contributed by atoms with van der Waals surface area (Å²) in [6.07, 6.45) is 3.62. The first-order chi connectivity index (χ1) is 11.5. The summed E-state index contributed by atoms with van der Waals surface area (Å²) in [5, 5.41) is 16.3. The van der Waals surface area contributed by atoms with Crippen molar-refractivity contribution >= 4 is 11.7 Å². The first kappa shape index (κ1) is 17.0. The van der Waals surface area contributed by atoms with Gasteiger partial charge in [0, 0.05) is 30.9 Å². The van der Waals surface area contributed by atoms with E-state index in [1.165, 1.54) is 19.3 Å². The van der Waals surface area contributed by atoms with Gasteiger partial charge in [0.25, 0.3) is 0 Å². The molecule has 132 valence electrons. The molecular weight excluding hydrogens is 306 g/mol. The van der Waals surface area contributed by atoms with Gasteiger partial charge in [0.2, 0.25) is 0 Å². The number of benzene rings is 1. The van der Waals surface area contributed by atoms with Crippen molar-refractivity contribution in [1.82, 2.24) is 10.2 Å². The highest BCUT2D eigenvalue weighted by Crippen LogP contribution is 2.46. The van der Waals surface area contributed by atoms with Gasteiger partial charge >= 0.3 is 5.97 Å². The number of nitrogens with zero attached hydrogens (tertiary/aromatic N) is 1. The van der Waals surface area contributed by atoms with Gasteiger partial charge in [-0.2, -0.15) is 0 Å². The lowest BCUT2D eigenvalue weighted by Crippen LogP contribution is -2.46. The van der Waals surface area contributed by atoms with Crippen LogP contribution in [0.15, 0.2) is 18.2 Å². The molecule has 0 unspecified atom stereocenters. The van der Waals surface area contributed by atoms with Crippen molar-refractivity contribution in [2.75, 3.05) is 45.7 Å². The van der Waals surface area contributed by atoms with E-state index in [0.29, 0.717) is 23.8 Å². The van der Waals surface area contributed by atoms with Crippen molar-refractivity contribution in [2.45, 2.75) is 25.3 Å². The SMILES string of the molecule is CN(C)CCOc1cc(NC2CC3(CCNC3)C2)ccc1C(=O)O. The predicted molar refractivity (Wildman–Crippen MR) is 94.0 cm³/mol. The second kappa shape index (κ2) is 6.99. The molecule has 1 aromatic rings. The van der Waals surface area contributed by atoms with E-state index in [1.807, 2.05) is 31.1 Å². The van der Waals surface area contributed by atoms with Gasteiger partial charge in [0.15, 0.2) is 0 Å². The predicted octanol–water partition coefficient (Wildman–Crippen LogP) is 1.88. The highest BCUT2D eigenvalue weighted by Gasteiger charge is 2.45. The van der Waals surface area contributed by atoms with Crippen molar-refractivity contribution in [3.05, 3.63) is 23.8 Å². The number of nitrogens with one attached hydrogen (secondary N) is 2. The van der Waals surface area contributed by atoms with Crippen LogP contribution >= 0.6 is 0 Å². The number of rotatable bonds is 7. The van der Waals surface area contributed by atoms with Crippen LogP contribution in [0.1, 0.15) is 29.6 Å². The molecular formula is C18H27N3O3. The number of hydrogen-bond acceptors (Lipinski definition) is 5. The largest absolute Gasteiger partial charge is 0.491 e. The molecule has 2 fully saturated rings. The van der Waals surface area contributed by atoms with E-state index in [9.17, 15) is 9.90 Å². The average Bonchev–Trinajstić information content (AvgIpc) is 2.96. The Morgan fingerprint density at radius 1 is 1.46 bits per heavy atom. The zero-order valence-electron chi connectivity index (χ0n) is 14.5. The molecule has 3 N–H and O–H groups in total. The van der Waals surface area contributed by atoms with E-state index in [1.54, 1.807) is 6.07 Å². The number of anilines is 1. The monoisotopic (exact) mass is 333 g/mol. The molecule has 1 heterocycles.